The summed E-state index contributed by atoms with van der Waals surface area (Å²) in [6.07, 6.45) is 0. The highest BCUT2D eigenvalue weighted by Gasteiger charge is 2.45. The average molecular weight is 248 g/mol. The lowest BCUT2D eigenvalue weighted by Gasteiger charge is -2.40. The lowest BCUT2D eigenvalue weighted by molar-refractivity contribution is -0.140. The molecular formula is C15H20O3. The van der Waals surface area contributed by atoms with Crippen molar-refractivity contribution < 1.29 is 14.3 Å². The van der Waals surface area contributed by atoms with E-state index in [2.05, 4.69) is 19.9 Å². The smallest absolute Gasteiger partial charge is 0.145 e. The van der Waals surface area contributed by atoms with Crippen LogP contribution in [0.15, 0.2) is 18.2 Å². The molecule has 1 aromatic carbocycles. The van der Waals surface area contributed by atoms with Gasteiger partial charge in [0, 0.05) is 0 Å². The first-order chi connectivity index (χ1) is 8.51. The summed E-state index contributed by atoms with van der Waals surface area (Å²) in [7, 11) is 1.67. The maximum absolute atomic E-state index is 11.9. The molecule has 98 valence electrons. The van der Waals surface area contributed by atoms with Gasteiger partial charge in [0.15, 0.2) is 0 Å². The third-order valence-electron chi connectivity index (χ3n) is 3.78. The van der Waals surface area contributed by atoms with E-state index >= 15 is 0 Å². The van der Waals surface area contributed by atoms with Crippen LogP contribution in [0.1, 0.15) is 37.8 Å². The Labute approximate surface area is 108 Å². The van der Waals surface area contributed by atoms with Crippen LogP contribution < -0.4 is 4.74 Å². The Balaban J connectivity index is 2.46. The Bertz CT molecular complexity index is 459. The minimum atomic E-state index is -0.435. The molecule has 2 rings (SSSR count). The molecule has 0 atom stereocenters. The largest absolute Gasteiger partial charge is 0.496 e. The van der Waals surface area contributed by atoms with Gasteiger partial charge < -0.3 is 9.47 Å². The third kappa shape index (κ3) is 1.93. The summed E-state index contributed by atoms with van der Waals surface area (Å²) < 4.78 is 10.6. The minimum absolute atomic E-state index is 0.175. The van der Waals surface area contributed by atoms with Crippen molar-refractivity contribution in [2.24, 2.45) is 0 Å². The summed E-state index contributed by atoms with van der Waals surface area (Å²) in [6.45, 7) is 6.87. The molecule has 0 bridgehead atoms. The molecule has 0 saturated carbocycles. The molecule has 0 unspecified atom stereocenters. The summed E-state index contributed by atoms with van der Waals surface area (Å²) in [6, 6.07) is 6.02. The van der Waals surface area contributed by atoms with Gasteiger partial charge in [-0.2, -0.15) is 0 Å². The van der Waals surface area contributed by atoms with Crippen LogP contribution in [0, 0.1) is 0 Å². The van der Waals surface area contributed by atoms with Crippen molar-refractivity contribution in [1.82, 2.24) is 0 Å². The van der Waals surface area contributed by atoms with Crippen LogP contribution in [-0.4, -0.2) is 26.1 Å². The molecule has 1 fully saturated rings. The van der Waals surface area contributed by atoms with Gasteiger partial charge >= 0.3 is 0 Å². The highest BCUT2D eigenvalue weighted by molar-refractivity contribution is 5.89. The van der Waals surface area contributed by atoms with E-state index in [1.807, 2.05) is 12.1 Å². The second-order valence-electron chi connectivity index (χ2n) is 5.24. The first kappa shape index (κ1) is 13.1. The maximum atomic E-state index is 11.9. The van der Waals surface area contributed by atoms with Crippen molar-refractivity contribution in [3.8, 4) is 5.75 Å². The van der Waals surface area contributed by atoms with Crippen LogP contribution in [0.3, 0.4) is 0 Å². The first-order valence-electron chi connectivity index (χ1n) is 6.28. The second kappa shape index (κ2) is 4.73. The third-order valence-corrected chi connectivity index (χ3v) is 3.78. The number of rotatable bonds is 4. The molecule has 0 spiro atoms. The molecule has 0 radical (unpaired) electrons. The molecule has 1 saturated heterocycles. The Hall–Kier alpha value is -1.35. The van der Waals surface area contributed by atoms with E-state index < -0.39 is 5.41 Å². The van der Waals surface area contributed by atoms with Gasteiger partial charge in [0.25, 0.3) is 0 Å². The Morgan fingerprint density at radius 2 is 2.06 bits per heavy atom. The van der Waals surface area contributed by atoms with E-state index in [0.29, 0.717) is 19.1 Å². The number of ketones is 1. The molecule has 0 aromatic heterocycles. The highest BCUT2D eigenvalue weighted by atomic mass is 16.5. The van der Waals surface area contributed by atoms with Crippen LogP contribution in [-0.2, 0) is 14.9 Å². The fraction of sp³-hybridized carbons (Fsp3) is 0.533. The molecule has 0 aliphatic carbocycles. The molecule has 1 heterocycles. The number of hydrogen-bond donors (Lipinski definition) is 0. The van der Waals surface area contributed by atoms with E-state index in [-0.39, 0.29) is 5.78 Å². The van der Waals surface area contributed by atoms with E-state index in [0.717, 1.165) is 16.9 Å². The van der Waals surface area contributed by atoms with Crippen molar-refractivity contribution in [1.29, 1.82) is 0 Å². The molecule has 18 heavy (non-hydrogen) atoms. The SMILES string of the molecule is COc1ccc(C2(C(C)=O)COC2)cc1C(C)C. The first-order valence-corrected chi connectivity index (χ1v) is 6.28. The average Bonchev–Trinajstić information content (AvgIpc) is 2.26. The van der Waals surface area contributed by atoms with Crippen molar-refractivity contribution in [3.63, 3.8) is 0 Å². The standard InChI is InChI=1S/C15H20O3/c1-10(2)13-7-12(5-6-14(13)17-4)15(11(3)16)8-18-9-15/h5-7,10H,8-9H2,1-4H3. The van der Waals surface area contributed by atoms with Crippen LogP contribution in [0.5, 0.6) is 5.75 Å². The molecule has 1 aromatic rings. The second-order valence-corrected chi connectivity index (χ2v) is 5.24. The van der Waals surface area contributed by atoms with Gasteiger partial charge in [0.1, 0.15) is 16.9 Å². The molecule has 1 aliphatic rings. The van der Waals surface area contributed by atoms with Gasteiger partial charge in [-0.1, -0.05) is 26.0 Å². The minimum Gasteiger partial charge on any atom is -0.496 e. The molecule has 0 amide bonds. The van der Waals surface area contributed by atoms with Crippen molar-refractivity contribution in [3.05, 3.63) is 29.3 Å². The summed E-state index contributed by atoms with van der Waals surface area (Å²) in [4.78, 5) is 11.9. The number of Topliss-reactive ketones (excluding diaryl/α,β-unsaturated/α-hetero) is 1. The Morgan fingerprint density at radius 1 is 1.39 bits per heavy atom. The van der Waals surface area contributed by atoms with E-state index in [9.17, 15) is 4.79 Å². The van der Waals surface area contributed by atoms with Crippen molar-refractivity contribution >= 4 is 5.78 Å². The van der Waals surface area contributed by atoms with E-state index in [4.69, 9.17) is 9.47 Å². The van der Waals surface area contributed by atoms with Crippen LogP contribution in [0.4, 0.5) is 0 Å². The number of methoxy groups -OCH3 is 1. The molecule has 3 heteroatoms. The lowest BCUT2D eigenvalue weighted by atomic mass is 9.74. The summed E-state index contributed by atoms with van der Waals surface area (Å²) >= 11 is 0. The monoisotopic (exact) mass is 248 g/mol. The summed E-state index contributed by atoms with van der Waals surface area (Å²) in [5.74, 6) is 1.42. The zero-order valence-corrected chi connectivity index (χ0v) is 11.4. The predicted octanol–water partition coefficient (Wildman–Crippen LogP) is 2.68. The molecule has 1 aliphatic heterocycles. The van der Waals surface area contributed by atoms with Gasteiger partial charge in [-0.05, 0) is 30.0 Å². The quantitative estimate of drug-likeness (QED) is 0.821. The number of hydrogen-bond acceptors (Lipinski definition) is 3. The Kier molecular flexibility index (Phi) is 3.44. The van der Waals surface area contributed by atoms with E-state index in [1.165, 1.54) is 0 Å². The Morgan fingerprint density at radius 3 is 2.44 bits per heavy atom. The number of ether oxygens (including phenoxy) is 2. The molecule has 3 nitrogen and oxygen atoms in total. The zero-order chi connectivity index (χ0) is 13.3. The lowest BCUT2D eigenvalue weighted by Crippen LogP contribution is -2.52. The number of benzene rings is 1. The summed E-state index contributed by atoms with van der Waals surface area (Å²) in [5, 5.41) is 0. The van der Waals surface area contributed by atoms with Gasteiger partial charge in [0.05, 0.1) is 20.3 Å². The van der Waals surface area contributed by atoms with Crippen molar-refractivity contribution in [2.75, 3.05) is 20.3 Å². The van der Waals surface area contributed by atoms with Gasteiger partial charge in [-0.15, -0.1) is 0 Å². The number of carbonyl (C=O) groups excluding carboxylic acids is 1. The maximum Gasteiger partial charge on any atom is 0.145 e. The van der Waals surface area contributed by atoms with Crippen LogP contribution in [0.2, 0.25) is 0 Å². The highest BCUT2D eigenvalue weighted by Crippen LogP contribution is 2.37. The van der Waals surface area contributed by atoms with Crippen LogP contribution in [0.25, 0.3) is 0 Å². The molecular weight excluding hydrogens is 228 g/mol. The van der Waals surface area contributed by atoms with Gasteiger partial charge in [-0.25, -0.2) is 0 Å². The van der Waals surface area contributed by atoms with E-state index in [1.54, 1.807) is 14.0 Å². The van der Waals surface area contributed by atoms with Gasteiger partial charge in [0.2, 0.25) is 0 Å². The fourth-order valence-corrected chi connectivity index (χ4v) is 2.36. The summed E-state index contributed by atoms with van der Waals surface area (Å²) in [5.41, 5.74) is 1.75. The number of carbonyl (C=O) groups is 1. The van der Waals surface area contributed by atoms with Crippen molar-refractivity contribution in [2.45, 2.75) is 32.1 Å². The normalized spacial score (nSPS) is 17.4. The molecule has 0 N–H and O–H groups in total. The predicted molar refractivity (Wildman–Crippen MR) is 70.3 cm³/mol. The zero-order valence-electron chi connectivity index (χ0n) is 11.4. The topological polar surface area (TPSA) is 35.5 Å². The van der Waals surface area contributed by atoms with Gasteiger partial charge in [-0.3, -0.25) is 4.79 Å². The fourth-order valence-electron chi connectivity index (χ4n) is 2.36. The van der Waals surface area contributed by atoms with Crippen LogP contribution >= 0.6 is 0 Å².